The first-order valence-corrected chi connectivity index (χ1v) is 10.00. The summed E-state index contributed by atoms with van der Waals surface area (Å²) in [5.74, 6) is 0.331. The van der Waals surface area contributed by atoms with Crippen molar-refractivity contribution in [1.82, 2.24) is 5.32 Å². The summed E-state index contributed by atoms with van der Waals surface area (Å²) < 4.78 is 40.6. The van der Waals surface area contributed by atoms with Gasteiger partial charge >= 0.3 is 6.36 Å². The Morgan fingerprint density at radius 2 is 1.71 bits per heavy atom. The van der Waals surface area contributed by atoms with Crippen LogP contribution in [0.25, 0.3) is 0 Å². The van der Waals surface area contributed by atoms with E-state index in [-0.39, 0.29) is 5.75 Å². The highest BCUT2D eigenvalue weighted by Crippen LogP contribution is 2.28. The standard InChI is InChI=1S/C20H27F3N2O.C2H6/c1-4-14(2)19(16-9-11-24-12-10-16)13-15(3)25-17-5-7-18(8-6-17)26-20(21,22)23;1-2/h5-8,13,16,24-25H,4,9-12H2,1-3H3;1-2H3/b15-13-,19-14-;. The van der Waals surface area contributed by atoms with E-state index in [1.54, 1.807) is 12.1 Å². The number of hydrogen-bond donors (Lipinski definition) is 2. The van der Waals surface area contributed by atoms with E-state index in [9.17, 15) is 13.2 Å². The van der Waals surface area contributed by atoms with Crippen molar-refractivity contribution in [2.75, 3.05) is 18.4 Å². The van der Waals surface area contributed by atoms with Crippen molar-refractivity contribution in [3.05, 3.63) is 47.2 Å². The third-order valence-corrected chi connectivity index (χ3v) is 4.60. The van der Waals surface area contributed by atoms with Crippen molar-refractivity contribution < 1.29 is 17.9 Å². The van der Waals surface area contributed by atoms with Gasteiger partial charge in [0, 0.05) is 11.4 Å². The van der Waals surface area contributed by atoms with E-state index in [0.717, 1.165) is 43.7 Å². The minimum Gasteiger partial charge on any atom is -0.406 e. The van der Waals surface area contributed by atoms with Gasteiger partial charge in [0.1, 0.15) is 5.75 Å². The normalized spacial score (nSPS) is 16.6. The van der Waals surface area contributed by atoms with Gasteiger partial charge in [-0.1, -0.05) is 26.3 Å². The predicted octanol–water partition coefficient (Wildman–Crippen LogP) is 6.65. The number of piperidine rings is 1. The summed E-state index contributed by atoms with van der Waals surface area (Å²) in [6.07, 6.45) is 0.762. The predicted molar refractivity (Wildman–Crippen MR) is 110 cm³/mol. The molecule has 1 aromatic carbocycles. The number of anilines is 1. The zero-order valence-electron chi connectivity index (χ0n) is 17.5. The van der Waals surface area contributed by atoms with Gasteiger partial charge in [-0.15, -0.1) is 13.2 Å². The molecule has 3 nitrogen and oxygen atoms in total. The lowest BCUT2D eigenvalue weighted by Crippen LogP contribution is -2.28. The fraction of sp³-hybridized carbons (Fsp3) is 0.545. The van der Waals surface area contributed by atoms with E-state index in [1.165, 1.54) is 23.3 Å². The van der Waals surface area contributed by atoms with Gasteiger partial charge < -0.3 is 15.4 Å². The van der Waals surface area contributed by atoms with Gasteiger partial charge in [-0.05, 0) is 88.0 Å². The van der Waals surface area contributed by atoms with Gasteiger partial charge in [0.15, 0.2) is 0 Å². The lowest BCUT2D eigenvalue weighted by Gasteiger charge is -2.26. The van der Waals surface area contributed by atoms with Crippen LogP contribution in [0.1, 0.15) is 53.9 Å². The Morgan fingerprint density at radius 1 is 1.14 bits per heavy atom. The first-order chi connectivity index (χ1) is 13.3. The minimum atomic E-state index is -4.67. The van der Waals surface area contributed by atoms with Crippen molar-refractivity contribution in [2.24, 2.45) is 5.92 Å². The second-order valence-electron chi connectivity index (χ2n) is 6.64. The summed E-state index contributed by atoms with van der Waals surface area (Å²) in [6.45, 7) is 12.4. The van der Waals surface area contributed by atoms with Crippen LogP contribution in [-0.2, 0) is 0 Å². The van der Waals surface area contributed by atoms with Crippen LogP contribution in [0, 0.1) is 5.92 Å². The van der Waals surface area contributed by atoms with Crippen LogP contribution in [0.15, 0.2) is 47.2 Å². The Bertz CT molecular complexity index is 643. The molecule has 1 fully saturated rings. The number of allylic oxidation sites excluding steroid dienone is 4. The molecule has 0 unspecified atom stereocenters. The summed E-state index contributed by atoms with van der Waals surface area (Å²) in [4.78, 5) is 0. The fourth-order valence-corrected chi connectivity index (χ4v) is 3.16. The molecule has 2 N–H and O–H groups in total. The second kappa shape index (κ2) is 11.8. The molecule has 0 radical (unpaired) electrons. The van der Waals surface area contributed by atoms with E-state index >= 15 is 0 Å². The lowest BCUT2D eigenvalue weighted by molar-refractivity contribution is -0.274. The molecule has 0 aromatic heterocycles. The van der Waals surface area contributed by atoms with Crippen molar-refractivity contribution >= 4 is 5.69 Å². The van der Waals surface area contributed by atoms with Crippen molar-refractivity contribution in [1.29, 1.82) is 0 Å². The Hall–Kier alpha value is -1.95. The zero-order valence-corrected chi connectivity index (χ0v) is 17.5. The average molecular weight is 399 g/mol. The maximum Gasteiger partial charge on any atom is 0.573 e. The number of ether oxygens (including phenoxy) is 1. The molecule has 158 valence electrons. The van der Waals surface area contributed by atoms with Crippen LogP contribution >= 0.6 is 0 Å². The summed E-state index contributed by atoms with van der Waals surface area (Å²) in [5.41, 5.74) is 4.45. The van der Waals surface area contributed by atoms with Crippen LogP contribution in [-0.4, -0.2) is 19.5 Å². The van der Waals surface area contributed by atoms with Gasteiger partial charge in [0.25, 0.3) is 0 Å². The topological polar surface area (TPSA) is 33.3 Å². The average Bonchev–Trinajstić information content (AvgIpc) is 2.68. The Balaban J connectivity index is 0.00000190. The Morgan fingerprint density at radius 3 is 2.21 bits per heavy atom. The highest BCUT2D eigenvalue weighted by Gasteiger charge is 2.30. The Labute approximate surface area is 167 Å². The lowest BCUT2D eigenvalue weighted by atomic mass is 9.86. The van der Waals surface area contributed by atoms with Gasteiger partial charge in [-0.25, -0.2) is 0 Å². The monoisotopic (exact) mass is 398 g/mol. The van der Waals surface area contributed by atoms with E-state index in [4.69, 9.17) is 0 Å². The molecule has 1 aliphatic heterocycles. The number of halogens is 3. The van der Waals surface area contributed by atoms with Crippen LogP contribution in [0.5, 0.6) is 5.75 Å². The summed E-state index contributed by atoms with van der Waals surface area (Å²) >= 11 is 0. The van der Waals surface area contributed by atoms with Gasteiger partial charge in [-0.3, -0.25) is 0 Å². The van der Waals surface area contributed by atoms with Crippen LogP contribution < -0.4 is 15.4 Å². The molecular formula is C22H33F3N2O. The molecule has 0 atom stereocenters. The van der Waals surface area contributed by atoms with Gasteiger partial charge in [-0.2, -0.15) is 0 Å². The number of alkyl halides is 3. The van der Waals surface area contributed by atoms with Gasteiger partial charge in [0.05, 0.1) is 0 Å². The largest absolute Gasteiger partial charge is 0.573 e. The first kappa shape index (κ1) is 24.1. The third-order valence-electron chi connectivity index (χ3n) is 4.60. The van der Waals surface area contributed by atoms with Crippen molar-refractivity contribution in [3.63, 3.8) is 0 Å². The highest BCUT2D eigenvalue weighted by atomic mass is 19.4. The number of hydrogen-bond acceptors (Lipinski definition) is 3. The molecule has 0 aliphatic carbocycles. The number of benzene rings is 1. The maximum atomic E-state index is 12.2. The SMILES string of the molecule is CC.CC/C(C)=C(/C=C(/C)Nc1ccc(OC(F)(F)F)cc1)C1CCNCC1. The summed E-state index contributed by atoms with van der Waals surface area (Å²) in [6, 6.07) is 5.78. The smallest absolute Gasteiger partial charge is 0.406 e. The number of rotatable bonds is 6. The van der Waals surface area contributed by atoms with E-state index < -0.39 is 6.36 Å². The molecule has 6 heteroatoms. The molecule has 0 bridgehead atoms. The molecular weight excluding hydrogens is 365 g/mol. The fourth-order valence-electron chi connectivity index (χ4n) is 3.16. The molecule has 0 spiro atoms. The molecule has 0 amide bonds. The van der Waals surface area contributed by atoms with E-state index in [0.29, 0.717) is 5.92 Å². The third kappa shape index (κ3) is 8.38. The summed E-state index contributed by atoms with van der Waals surface area (Å²) in [5, 5.41) is 6.65. The summed E-state index contributed by atoms with van der Waals surface area (Å²) in [7, 11) is 0. The molecule has 2 rings (SSSR count). The maximum absolute atomic E-state index is 12.2. The van der Waals surface area contributed by atoms with Crippen LogP contribution in [0.2, 0.25) is 0 Å². The molecule has 0 saturated carbocycles. The van der Waals surface area contributed by atoms with E-state index in [2.05, 4.69) is 35.3 Å². The zero-order chi connectivity index (χ0) is 21.2. The highest BCUT2D eigenvalue weighted by molar-refractivity contribution is 5.51. The van der Waals surface area contributed by atoms with Gasteiger partial charge in [0.2, 0.25) is 0 Å². The van der Waals surface area contributed by atoms with Crippen LogP contribution in [0.4, 0.5) is 18.9 Å². The van der Waals surface area contributed by atoms with Crippen molar-refractivity contribution in [2.45, 2.75) is 60.2 Å². The number of nitrogens with one attached hydrogen (secondary N) is 2. The minimum absolute atomic E-state index is 0.221. The molecule has 1 aliphatic rings. The quantitative estimate of drug-likeness (QED) is 0.526. The second-order valence-corrected chi connectivity index (χ2v) is 6.64. The van der Waals surface area contributed by atoms with E-state index in [1.807, 2.05) is 20.8 Å². The first-order valence-electron chi connectivity index (χ1n) is 10.00. The molecule has 1 saturated heterocycles. The molecule has 28 heavy (non-hydrogen) atoms. The van der Waals surface area contributed by atoms with Crippen molar-refractivity contribution in [3.8, 4) is 5.75 Å². The van der Waals surface area contributed by atoms with Crippen LogP contribution in [0.3, 0.4) is 0 Å². The Kier molecular flexibility index (Phi) is 10.1. The molecule has 1 heterocycles. The molecule has 1 aromatic rings.